The molecule has 4 heteroatoms. The maximum absolute atomic E-state index is 12.4. The van der Waals surface area contributed by atoms with Crippen molar-refractivity contribution in [3.05, 3.63) is 24.0 Å². The molecule has 0 aromatic carbocycles. The summed E-state index contributed by atoms with van der Waals surface area (Å²) in [7, 11) is 0. The molecule has 5 rings (SSSR count). The molecular weight excluding hydrogens is 262 g/mol. The number of hydrogen-bond donors (Lipinski definition) is 2. The Hall–Kier alpha value is -1.58. The summed E-state index contributed by atoms with van der Waals surface area (Å²) < 4.78 is 0. The van der Waals surface area contributed by atoms with Crippen molar-refractivity contribution in [1.82, 2.24) is 10.3 Å². The van der Waals surface area contributed by atoms with E-state index in [4.69, 9.17) is 5.73 Å². The number of nitrogens with one attached hydrogen (secondary N) is 1. The lowest BCUT2D eigenvalue weighted by Gasteiger charge is -2.56. The molecular formula is C17H23N3O. The van der Waals surface area contributed by atoms with Crippen LogP contribution in [0.4, 0.5) is 5.69 Å². The van der Waals surface area contributed by atoms with Crippen LogP contribution in [0.1, 0.15) is 44.2 Å². The number of pyridine rings is 1. The molecule has 0 saturated heterocycles. The zero-order valence-electron chi connectivity index (χ0n) is 12.3. The summed E-state index contributed by atoms with van der Waals surface area (Å²) >= 11 is 0. The first-order chi connectivity index (χ1) is 10.1. The first-order valence-electron chi connectivity index (χ1n) is 8.12. The fourth-order valence-electron chi connectivity index (χ4n) is 5.31. The second kappa shape index (κ2) is 4.72. The van der Waals surface area contributed by atoms with Crippen molar-refractivity contribution in [2.24, 2.45) is 17.8 Å². The van der Waals surface area contributed by atoms with Crippen LogP contribution in [-0.2, 0) is 11.2 Å². The maximum atomic E-state index is 12.4. The van der Waals surface area contributed by atoms with Gasteiger partial charge in [-0.05, 0) is 68.4 Å². The van der Waals surface area contributed by atoms with Crippen LogP contribution >= 0.6 is 0 Å². The van der Waals surface area contributed by atoms with Crippen LogP contribution in [0.2, 0.25) is 0 Å². The van der Waals surface area contributed by atoms with Crippen molar-refractivity contribution < 1.29 is 4.79 Å². The van der Waals surface area contributed by atoms with Crippen LogP contribution in [0.5, 0.6) is 0 Å². The second-order valence-electron chi connectivity index (χ2n) is 7.51. The first-order valence-corrected chi connectivity index (χ1v) is 8.12. The Kier molecular flexibility index (Phi) is 2.95. The van der Waals surface area contributed by atoms with E-state index >= 15 is 0 Å². The van der Waals surface area contributed by atoms with Crippen molar-refractivity contribution in [3.63, 3.8) is 0 Å². The smallest absolute Gasteiger partial charge is 0.226 e. The molecule has 112 valence electrons. The average molecular weight is 285 g/mol. The van der Waals surface area contributed by atoms with Crippen molar-refractivity contribution in [2.45, 2.75) is 50.5 Å². The molecule has 4 aliphatic carbocycles. The Morgan fingerprint density at radius 1 is 1.19 bits per heavy atom. The third-order valence-electron chi connectivity index (χ3n) is 5.63. The molecule has 4 aliphatic rings. The highest BCUT2D eigenvalue weighted by Crippen LogP contribution is 2.55. The Bertz CT molecular complexity index is 516. The van der Waals surface area contributed by atoms with Gasteiger partial charge in [-0.3, -0.25) is 9.78 Å². The molecule has 1 aromatic rings. The molecule has 1 heterocycles. The summed E-state index contributed by atoms with van der Waals surface area (Å²) in [6.45, 7) is 0. The molecule has 0 spiro atoms. The minimum Gasteiger partial charge on any atom is -0.397 e. The molecule has 0 aliphatic heterocycles. The number of carbonyl (C=O) groups excluding carboxylic acids is 1. The molecule has 1 amide bonds. The summed E-state index contributed by atoms with van der Waals surface area (Å²) in [4.78, 5) is 16.6. The number of aromatic nitrogens is 1. The summed E-state index contributed by atoms with van der Waals surface area (Å²) in [6.07, 6.45) is 9.76. The van der Waals surface area contributed by atoms with Crippen LogP contribution in [0.3, 0.4) is 0 Å². The van der Waals surface area contributed by atoms with E-state index in [9.17, 15) is 4.79 Å². The van der Waals surface area contributed by atoms with Gasteiger partial charge in [0.15, 0.2) is 0 Å². The van der Waals surface area contributed by atoms with E-state index in [2.05, 4.69) is 10.3 Å². The highest BCUT2D eigenvalue weighted by atomic mass is 16.1. The van der Waals surface area contributed by atoms with Crippen molar-refractivity contribution in [1.29, 1.82) is 0 Å². The third-order valence-corrected chi connectivity index (χ3v) is 5.63. The fourth-order valence-corrected chi connectivity index (χ4v) is 5.31. The lowest BCUT2D eigenvalue weighted by Crippen LogP contribution is -2.60. The van der Waals surface area contributed by atoms with Crippen LogP contribution in [-0.4, -0.2) is 16.4 Å². The lowest BCUT2D eigenvalue weighted by molar-refractivity contribution is -0.126. The quantitative estimate of drug-likeness (QED) is 0.895. The van der Waals surface area contributed by atoms with Crippen LogP contribution in [0.25, 0.3) is 0 Å². The molecule has 4 saturated carbocycles. The Morgan fingerprint density at radius 3 is 2.33 bits per heavy atom. The number of hydrogen-bond acceptors (Lipinski definition) is 3. The van der Waals surface area contributed by atoms with E-state index in [-0.39, 0.29) is 11.4 Å². The standard InChI is InChI=1S/C17H23N3O/c18-14-1-2-15(19-10-14)6-16(21)20-17-7-11-3-12(8-17)5-13(4-11)9-17/h1-2,10-13H,3-9,18H2,(H,20,21). The van der Waals surface area contributed by atoms with E-state index < -0.39 is 0 Å². The Balaban J connectivity index is 1.43. The highest BCUT2D eigenvalue weighted by Gasteiger charge is 2.51. The summed E-state index contributed by atoms with van der Waals surface area (Å²) in [5.74, 6) is 2.68. The summed E-state index contributed by atoms with van der Waals surface area (Å²) in [5, 5.41) is 3.38. The van der Waals surface area contributed by atoms with Gasteiger partial charge in [-0.2, -0.15) is 0 Å². The van der Waals surface area contributed by atoms with Crippen LogP contribution in [0, 0.1) is 17.8 Å². The number of carbonyl (C=O) groups is 1. The van der Waals surface area contributed by atoms with Gasteiger partial charge in [-0.1, -0.05) is 0 Å². The molecule has 4 fully saturated rings. The van der Waals surface area contributed by atoms with Gasteiger partial charge >= 0.3 is 0 Å². The minimum atomic E-state index is 0.0969. The van der Waals surface area contributed by atoms with Gasteiger partial charge < -0.3 is 11.1 Å². The molecule has 4 bridgehead atoms. The SMILES string of the molecule is Nc1ccc(CC(=O)NC23CC4CC(CC(C4)C2)C3)nc1. The van der Waals surface area contributed by atoms with Gasteiger partial charge in [0.1, 0.15) is 0 Å². The van der Waals surface area contributed by atoms with Gasteiger partial charge in [-0.15, -0.1) is 0 Å². The number of anilines is 1. The van der Waals surface area contributed by atoms with Gasteiger partial charge in [0.25, 0.3) is 0 Å². The number of rotatable bonds is 3. The number of nitrogen functional groups attached to an aromatic ring is 1. The normalized spacial score (nSPS) is 36.7. The van der Waals surface area contributed by atoms with Gasteiger partial charge in [-0.25, -0.2) is 0 Å². The van der Waals surface area contributed by atoms with Crippen LogP contribution < -0.4 is 11.1 Å². The van der Waals surface area contributed by atoms with E-state index in [0.717, 1.165) is 23.4 Å². The molecule has 1 aromatic heterocycles. The predicted molar refractivity (Wildman–Crippen MR) is 81.4 cm³/mol. The summed E-state index contributed by atoms with van der Waals surface area (Å²) in [5.41, 5.74) is 7.16. The maximum Gasteiger partial charge on any atom is 0.226 e. The zero-order valence-corrected chi connectivity index (χ0v) is 12.3. The molecule has 0 unspecified atom stereocenters. The fraction of sp³-hybridized carbons (Fsp3) is 0.647. The van der Waals surface area contributed by atoms with E-state index in [0.29, 0.717) is 12.1 Å². The van der Waals surface area contributed by atoms with E-state index in [1.807, 2.05) is 6.07 Å². The molecule has 0 atom stereocenters. The Morgan fingerprint density at radius 2 is 1.81 bits per heavy atom. The van der Waals surface area contributed by atoms with Gasteiger partial charge in [0.2, 0.25) is 5.91 Å². The first kappa shape index (κ1) is 13.1. The molecule has 3 N–H and O–H groups in total. The largest absolute Gasteiger partial charge is 0.397 e. The monoisotopic (exact) mass is 285 g/mol. The number of amides is 1. The van der Waals surface area contributed by atoms with E-state index in [1.165, 1.54) is 38.5 Å². The Labute approximate surface area is 125 Å². The van der Waals surface area contributed by atoms with Crippen molar-refractivity contribution in [3.8, 4) is 0 Å². The lowest BCUT2D eigenvalue weighted by atomic mass is 9.53. The number of nitrogens with two attached hydrogens (primary N) is 1. The predicted octanol–water partition coefficient (Wildman–Crippen LogP) is 2.29. The van der Waals surface area contributed by atoms with Crippen molar-refractivity contribution >= 4 is 11.6 Å². The topological polar surface area (TPSA) is 68.0 Å². The third kappa shape index (κ3) is 2.52. The second-order valence-corrected chi connectivity index (χ2v) is 7.51. The van der Waals surface area contributed by atoms with Gasteiger partial charge in [0, 0.05) is 11.2 Å². The molecule has 4 nitrogen and oxygen atoms in total. The van der Waals surface area contributed by atoms with Gasteiger partial charge in [0.05, 0.1) is 18.3 Å². The molecule has 0 radical (unpaired) electrons. The van der Waals surface area contributed by atoms with Crippen LogP contribution in [0.15, 0.2) is 18.3 Å². The average Bonchev–Trinajstić information content (AvgIpc) is 2.39. The zero-order chi connectivity index (χ0) is 14.4. The highest BCUT2D eigenvalue weighted by molar-refractivity contribution is 5.79. The minimum absolute atomic E-state index is 0.0969. The van der Waals surface area contributed by atoms with Crippen molar-refractivity contribution in [2.75, 3.05) is 5.73 Å². The summed E-state index contributed by atoms with van der Waals surface area (Å²) in [6, 6.07) is 3.65. The van der Waals surface area contributed by atoms with E-state index in [1.54, 1.807) is 12.3 Å². The molecule has 21 heavy (non-hydrogen) atoms. The number of nitrogens with zero attached hydrogens (tertiary/aromatic N) is 1.